The lowest BCUT2D eigenvalue weighted by Crippen LogP contribution is -2.02. The van der Waals surface area contributed by atoms with Gasteiger partial charge < -0.3 is 10.3 Å². The molecule has 0 aliphatic rings. The first-order valence-corrected chi connectivity index (χ1v) is 6.05. The van der Waals surface area contributed by atoms with Gasteiger partial charge in [-0.15, -0.1) is 0 Å². The molecule has 1 aromatic heterocycles. The van der Waals surface area contributed by atoms with Crippen molar-refractivity contribution < 1.29 is 0 Å². The van der Waals surface area contributed by atoms with E-state index in [0.717, 1.165) is 30.8 Å². The molecule has 0 atom stereocenters. The van der Waals surface area contributed by atoms with Crippen molar-refractivity contribution in [1.29, 1.82) is 0 Å². The molecule has 0 fully saturated rings. The van der Waals surface area contributed by atoms with Gasteiger partial charge >= 0.3 is 0 Å². The summed E-state index contributed by atoms with van der Waals surface area (Å²) < 4.78 is 2.21. The first-order chi connectivity index (χ1) is 8.20. The van der Waals surface area contributed by atoms with Gasteiger partial charge in [-0.25, -0.2) is 4.98 Å². The highest BCUT2D eigenvalue weighted by Gasteiger charge is 2.06. The molecule has 2 N–H and O–H groups in total. The second kappa shape index (κ2) is 5.04. The molecule has 2 rings (SSSR count). The van der Waals surface area contributed by atoms with E-state index in [1.807, 2.05) is 18.5 Å². The zero-order valence-electron chi connectivity index (χ0n) is 10.5. The van der Waals surface area contributed by atoms with Gasteiger partial charge in [-0.1, -0.05) is 12.1 Å². The molecule has 3 heteroatoms. The summed E-state index contributed by atoms with van der Waals surface area (Å²) in [5, 5.41) is 0. The standard InChI is InChI=1S/C14H19N3/c1-3-17-10-16-11(2)14(17)9-6-12-4-7-13(15)8-5-12/h4-5,7-8,10H,3,6,9,15H2,1-2H3. The Kier molecular flexibility index (Phi) is 3.47. The average Bonchev–Trinajstić information content (AvgIpc) is 2.69. The molecule has 90 valence electrons. The summed E-state index contributed by atoms with van der Waals surface area (Å²) in [5.41, 5.74) is 10.3. The second-order valence-electron chi connectivity index (χ2n) is 4.30. The van der Waals surface area contributed by atoms with Crippen molar-refractivity contribution in [3.8, 4) is 0 Å². The molecule has 1 heterocycles. The van der Waals surface area contributed by atoms with Gasteiger partial charge in [0.15, 0.2) is 0 Å². The van der Waals surface area contributed by atoms with E-state index in [1.54, 1.807) is 0 Å². The first-order valence-electron chi connectivity index (χ1n) is 6.05. The summed E-state index contributed by atoms with van der Waals surface area (Å²) in [6, 6.07) is 8.10. The third-order valence-corrected chi connectivity index (χ3v) is 3.13. The Morgan fingerprint density at radius 1 is 1.18 bits per heavy atom. The maximum atomic E-state index is 5.67. The van der Waals surface area contributed by atoms with E-state index in [2.05, 4.69) is 35.5 Å². The molecular formula is C14H19N3. The number of aromatic nitrogens is 2. The molecule has 0 saturated heterocycles. The second-order valence-corrected chi connectivity index (χ2v) is 4.30. The molecule has 2 aromatic rings. The van der Waals surface area contributed by atoms with E-state index in [0.29, 0.717) is 0 Å². The van der Waals surface area contributed by atoms with Crippen molar-refractivity contribution in [2.24, 2.45) is 0 Å². The number of rotatable bonds is 4. The predicted octanol–water partition coefficient (Wildman–Crippen LogP) is 2.58. The third kappa shape index (κ3) is 2.67. The quantitative estimate of drug-likeness (QED) is 0.819. The van der Waals surface area contributed by atoms with Gasteiger partial charge in [-0.3, -0.25) is 0 Å². The van der Waals surface area contributed by atoms with Crippen LogP contribution in [0.15, 0.2) is 30.6 Å². The van der Waals surface area contributed by atoms with Gasteiger partial charge in [0, 0.05) is 17.9 Å². The van der Waals surface area contributed by atoms with Crippen LogP contribution in [-0.2, 0) is 19.4 Å². The molecule has 1 aromatic carbocycles. The lowest BCUT2D eigenvalue weighted by molar-refractivity contribution is 0.701. The molecule has 3 nitrogen and oxygen atoms in total. The summed E-state index contributed by atoms with van der Waals surface area (Å²) in [6.45, 7) is 5.20. The Bertz CT molecular complexity index is 483. The monoisotopic (exact) mass is 229 g/mol. The number of aryl methyl sites for hydroxylation is 3. The summed E-state index contributed by atoms with van der Waals surface area (Å²) in [4.78, 5) is 4.36. The molecule has 0 unspecified atom stereocenters. The van der Waals surface area contributed by atoms with Crippen molar-refractivity contribution in [1.82, 2.24) is 9.55 Å². The molecular weight excluding hydrogens is 210 g/mol. The number of nitrogen functional groups attached to an aromatic ring is 1. The molecule has 17 heavy (non-hydrogen) atoms. The fraction of sp³-hybridized carbons (Fsp3) is 0.357. The van der Waals surface area contributed by atoms with Gasteiger partial charge in [0.1, 0.15) is 0 Å². The van der Waals surface area contributed by atoms with Crippen LogP contribution in [0.1, 0.15) is 23.9 Å². The van der Waals surface area contributed by atoms with Gasteiger partial charge in [-0.2, -0.15) is 0 Å². The number of anilines is 1. The Labute approximate surface area is 102 Å². The van der Waals surface area contributed by atoms with Crippen LogP contribution in [0.25, 0.3) is 0 Å². The van der Waals surface area contributed by atoms with Crippen LogP contribution in [0.2, 0.25) is 0 Å². The van der Waals surface area contributed by atoms with Gasteiger partial charge in [0.05, 0.1) is 12.0 Å². The highest BCUT2D eigenvalue weighted by Crippen LogP contribution is 2.12. The number of imidazole rings is 1. The zero-order valence-corrected chi connectivity index (χ0v) is 10.5. The predicted molar refractivity (Wildman–Crippen MR) is 70.9 cm³/mol. The van der Waals surface area contributed by atoms with Crippen LogP contribution < -0.4 is 5.73 Å². The highest BCUT2D eigenvalue weighted by molar-refractivity contribution is 5.39. The van der Waals surface area contributed by atoms with Crippen molar-refractivity contribution in [2.75, 3.05) is 5.73 Å². The van der Waals surface area contributed by atoms with Crippen LogP contribution in [0.4, 0.5) is 5.69 Å². The minimum Gasteiger partial charge on any atom is -0.399 e. The van der Waals surface area contributed by atoms with Crippen LogP contribution in [0.3, 0.4) is 0 Å². The number of nitrogens with two attached hydrogens (primary N) is 1. The van der Waals surface area contributed by atoms with Crippen LogP contribution in [0.5, 0.6) is 0 Å². The lowest BCUT2D eigenvalue weighted by atomic mass is 10.1. The van der Waals surface area contributed by atoms with E-state index in [4.69, 9.17) is 5.73 Å². The van der Waals surface area contributed by atoms with Gasteiger partial charge in [-0.05, 0) is 44.4 Å². The Balaban J connectivity index is 2.06. The topological polar surface area (TPSA) is 43.8 Å². The smallest absolute Gasteiger partial charge is 0.0951 e. The number of hydrogen-bond acceptors (Lipinski definition) is 2. The van der Waals surface area contributed by atoms with Crippen molar-refractivity contribution in [3.05, 3.63) is 47.5 Å². The largest absolute Gasteiger partial charge is 0.399 e. The lowest BCUT2D eigenvalue weighted by Gasteiger charge is -2.07. The summed E-state index contributed by atoms with van der Waals surface area (Å²) >= 11 is 0. The minimum absolute atomic E-state index is 0.823. The molecule has 0 spiro atoms. The number of nitrogens with zero attached hydrogens (tertiary/aromatic N) is 2. The maximum Gasteiger partial charge on any atom is 0.0951 e. The van der Waals surface area contributed by atoms with Crippen molar-refractivity contribution in [2.45, 2.75) is 33.2 Å². The molecule has 0 aliphatic carbocycles. The van der Waals surface area contributed by atoms with Gasteiger partial charge in [0.2, 0.25) is 0 Å². The van der Waals surface area contributed by atoms with Crippen molar-refractivity contribution >= 4 is 5.69 Å². The normalized spacial score (nSPS) is 10.7. The van der Waals surface area contributed by atoms with Crippen molar-refractivity contribution in [3.63, 3.8) is 0 Å². The van der Waals surface area contributed by atoms with E-state index < -0.39 is 0 Å². The Morgan fingerprint density at radius 3 is 2.53 bits per heavy atom. The number of benzene rings is 1. The molecule has 0 bridgehead atoms. The fourth-order valence-electron chi connectivity index (χ4n) is 2.05. The minimum atomic E-state index is 0.823. The Morgan fingerprint density at radius 2 is 1.88 bits per heavy atom. The molecule has 0 radical (unpaired) electrons. The molecule has 0 saturated carbocycles. The Hall–Kier alpha value is -1.77. The van der Waals surface area contributed by atoms with Crippen LogP contribution in [0, 0.1) is 6.92 Å². The van der Waals surface area contributed by atoms with E-state index in [9.17, 15) is 0 Å². The van der Waals surface area contributed by atoms with Gasteiger partial charge in [0.25, 0.3) is 0 Å². The van der Waals surface area contributed by atoms with E-state index >= 15 is 0 Å². The summed E-state index contributed by atoms with van der Waals surface area (Å²) in [6.07, 6.45) is 3.99. The highest BCUT2D eigenvalue weighted by atomic mass is 15.0. The zero-order chi connectivity index (χ0) is 12.3. The average molecular weight is 229 g/mol. The molecule has 0 aliphatic heterocycles. The number of hydrogen-bond donors (Lipinski definition) is 1. The summed E-state index contributed by atoms with van der Waals surface area (Å²) in [5.74, 6) is 0. The fourth-order valence-corrected chi connectivity index (χ4v) is 2.05. The van der Waals surface area contributed by atoms with Crippen LogP contribution in [-0.4, -0.2) is 9.55 Å². The van der Waals surface area contributed by atoms with E-state index in [1.165, 1.54) is 11.3 Å². The first kappa shape index (κ1) is 11.7. The van der Waals surface area contributed by atoms with Crippen LogP contribution >= 0.6 is 0 Å². The maximum absolute atomic E-state index is 5.67. The molecule has 0 amide bonds. The SMILES string of the molecule is CCn1cnc(C)c1CCc1ccc(N)cc1. The third-order valence-electron chi connectivity index (χ3n) is 3.13. The summed E-state index contributed by atoms with van der Waals surface area (Å²) in [7, 11) is 0. The van der Waals surface area contributed by atoms with E-state index in [-0.39, 0.29) is 0 Å².